The van der Waals surface area contributed by atoms with Crippen molar-refractivity contribution in [3.8, 4) is 0 Å². The van der Waals surface area contributed by atoms with Crippen molar-refractivity contribution in [1.29, 1.82) is 0 Å². The van der Waals surface area contributed by atoms with Crippen LogP contribution in [0.15, 0.2) is 6.20 Å². The van der Waals surface area contributed by atoms with Gasteiger partial charge in [0.1, 0.15) is 0 Å². The van der Waals surface area contributed by atoms with Crippen LogP contribution >= 0.6 is 0 Å². The Morgan fingerprint density at radius 3 is 2.62 bits per heavy atom. The van der Waals surface area contributed by atoms with E-state index in [4.69, 9.17) is 0 Å². The lowest BCUT2D eigenvalue weighted by Crippen LogP contribution is -2.12. The summed E-state index contributed by atoms with van der Waals surface area (Å²) in [7, 11) is 1.99. The third kappa shape index (κ3) is 2.46. The van der Waals surface area contributed by atoms with Gasteiger partial charge < -0.3 is 5.32 Å². The Kier molecular flexibility index (Phi) is 3.99. The highest BCUT2D eigenvalue weighted by atomic mass is 15.3. The molecule has 1 heterocycles. The van der Waals surface area contributed by atoms with Crippen LogP contribution in [0.25, 0.3) is 0 Å². The molecule has 1 aliphatic carbocycles. The summed E-state index contributed by atoms with van der Waals surface area (Å²) < 4.78 is 2.26. The molecule has 0 aromatic carbocycles. The minimum absolute atomic E-state index is 0.646. The first-order valence-electron chi connectivity index (χ1n) is 6.50. The topological polar surface area (TPSA) is 29.9 Å². The molecule has 1 fully saturated rings. The van der Waals surface area contributed by atoms with E-state index in [1.807, 2.05) is 13.2 Å². The fourth-order valence-electron chi connectivity index (χ4n) is 2.69. The van der Waals surface area contributed by atoms with Crippen LogP contribution in [0, 0.1) is 6.92 Å². The molecule has 1 aromatic rings. The highest BCUT2D eigenvalue weighted by molar-refractivity contribution is 5.16. The zero-order valence-electron chi connectivity index (χ0n) is 10.5. The van der Waals surface area contributed by atoms with Crippen molar-refractivity contribution in [3.63, 3.8) is 0 Å². The van der Waals surface area contributed by atoms with Gasteiger partial charge in [-0.1, -0.05) is 25.7 Å². The van der Waals surface area contributed by atoms with Crippen LogP contribution in [0.5, 0.6) is 0 Å². The molecule has 2 rings (SSSR count). The van der Waals surface area contributed by atoms with Gasteiger partial charge >= 0.3 is 0 Å². The predicted molar refractivity (Wildman–Crippen MR) is 66.5 cm³/mol. The van der Waals surface area contributed by atoms with Crippen molar-refractivity contribution in [2.45, 2.75) is 58.0 Å². The Bertz CT molecular complexity index is 322. The molecule has 0 amide bonds. The van der Waals surface area contributed by atoms with Gasteiger partial charge in [0, 0.05) is 17.8 Å². The molecule has 0 radical (unpaired) electrons. The Morgan fingerprint density at radius 2 is 2.00 bits per heavy atom. The number of hydrogen-bond donors (Lipinski definition) is 1. The summed E-state index contributed by atoms with van der Waals surface area (Å²) >= 11 is 0. The summed E-state index contributed by atoms with van der Waals surface area (Å²) in [5.74, 6) is 0. The Morgan fingerprint density at radius 1 is 1.31 bits per heavy atom. The van der Waals surface area contributed by atoms with E-state index in [0.717, 1.165) is 6.54 Å². The summed E-state index contributed by atoms with van der Waals surface area (Å²) in [5, 5.41) is 7.78. The first kappa shape index (κ1) is 11.6. The van der Waals surface area contributed by atoms with Crippen LogP contribution in [-0.4, -0.2) is 16.8 Å². The molecule has 0 unspecified atom stereocenters. The third-order valence-electron chi connectivity index (χ3n) is 3.68. The zero-order chi connectivity index (χ0) is 11.4. The van der Waals surface area contributed by atoms with Gasteiger partial charge in [0.25, 0.3) is 0 Å². The highest BCUT2D eigenvalue weighted by Gasteiger charge is 2.17. The number of nitrogens with one attached hydrogen (secondary N) is 1. The lowest BCUT2D eigenvalue weighted by atomic mass is 10.1. The Hall–Kier alpha value is -0.830. The van der Waals surface area contributed by atoms with E-state index in [1.165, 1.54) is 49.8 Å². The van der Waals surface area contributed by atoms with Gasteiger partial charge in [-0.15, -0.1) is 0 Å². The van der Waals surface area contributed by atoms with Crippen molar-refractivity contribution in [2.24, 2.45) is 0 Å². The second-order valence-corrected chi connectivity index (χ2v) is 4.88. The van der Waals surface area contributed by atoms with E-state index in [0.29, 0.717) is 6.04 Å². The first-order chi connectivity index (χ1) is 7.83. The number of hydrogen-bond acceptors (Lipinski definition) is 2. The van der Waals surface area contributed by atoms with Crippen molar-refractivity contribution >= 4 is 0 Å². The Balaban J connectivity index is 2.12. The smallest absolute Gasteiger partial charge is 0.0537 e. The van der Waals surface area contributed by atoms with Crippen LogP contribution in [0.3, 0.4) is 0 Å². The highest BCUT2D eigenvalue weighted by Crippen LogP contribution is 2.28. The van der Waals surface area contributed by atoms with Crippen LogP contribution < -0.4 is 5.32 Å². The molecule has 3 nitrogen and oxygen atoms in total. The molecule has 0 aliphatic heterocycles. The molecule has 1 saturated carbocycles. The van der Waals surface area contributed by atoms with Gasteiger partial charge in [-0.3, -0.25) is 4.68 Å². The van der Waals surface area contributed by atoms with Crippen LogP contribution in [-0.2, 0) is 6.54 Å². The maximum Gasteiger partial charge on any atom is 0.0537 e. The van der Waals surface area contributed by atoms with Crippen molar-refractivity contribution in [2.75, 3.05) is 7.05 Å². The minimum Gasteiger partial charge on any atom is -0.316 e. The number of nitrogens with zero attached hydrogens (tertiary/aromatic N) is 2. The minimum atomic E-state index is 0.646. The maximum atomic E-state index is 4.58. The predicted octanol–water partition coefficient (Wildman–Crippen LogP) is 2.81. The third-order valence-corrected chi connectivity index (χ3v) is 3.68. The molecule has 16 heavy (non-hydrogen) atoms. The molecule has 0 spiro atoms. The first-order valence-corrected chi connectivity index (χ1v) is 6.50. The van der Waals surface area contributed by atoms with Gasteiger partial charge in [-0.05, 0) is 26.8 Å². The zero-order valence-corrected chi connectivity index (χ0v) is 10.5. The summed E-state index contributed by atoms with van der Waals surface area (Å²) in [5.41, 5.74) is 2.69. The van der Waals surface area contributed by atoms with Gasteiger partial charge in [-0.25, -0.2) is 0 Å². The SMILES string of the molecule is CNCc1cnn(C2CCCCCC2)c1C. The lowest BCUT2D eigenvalue weighted by molar-refractivity contribution is 0.397. The standard InChI is InChI=1S/C13H23N3/c1-11-12(9-14-2)10-15-16(11)13-7-5-3-4-6-8-13/h10,13-14H,3-9H2,1-2H3. The fraction of sp³-hybridized carbons (Fsp3) is 0.769. The van der Waals surface area contributed by atoms with E-state index >= 15 is 0 Å². The molecule has 90 valence electrons. The summed E-state index contributed by atoms with van der Waals surface area (Å²) in [6, 6.07) is 0.646. The van der Waals surface area contributed by atoms with E-state index in [2.05, 4.69) is 22.0 Å². The molecule has 3 heteroatoms. The molecule has 1 aromatic heterocycles. The van der Waals surface area contributed by atoms with Crippen LogP contribution in [0.1, 0.15) is 55.8 Å². The molecule has 0 atom stereocenters. The summed E-state index contributed by atoms with van der Waals surface area (Å²) in [6.45, 7) is 3.13. The van der Waals surface area contributed by atoms with Crippen molar-refractivity contribution < 1.29 is 0 Å². The average molecular weight is 221 g/mol. The second-order valence-electron chi connectivity index (χ2n) is 4.88. The van der Waals surface area contributed by atoms with Gasteiger partial charge in [0.05, 0.1) is 12.2 Å². The maximum absolute atomic E-state index is 4.58. The van der Waals surface area contributed by atoms with Gasteiger partial charge in [0.15, 0.2) is 0 Å². The second kappa shape index (κ2) is 5.48. The van der Waals surface area contributed by atoms with Crippen LogP contribution in [0.4, 0.5) is 0 Å². The van der Waals surface area contributed by atoms with E-state index in [1.54, 1.807) is 0 Å². The lowest BCUT2D eigenvalue weighted by Gasteiger charge is -2.17. The van der Waals surface area contributed by atoms with Crippen molar-refractivity contribution in [1.82, 2.24) is 15.1 Å². The normalized spacial score (nSPS) is 18.6. The van der Waals surface area contributed by atoms with E-state index in [-0.39, 0.29) is 0 Å². The molecule has 1 N–H and O–H groups in total. The quantitative estimate of drug-likeness (QED) is 0.795. The summed E-state index contributed by atoms with van der Waals surface area (Å²) in [6.07, 6.45) is 10.2. The monoisotopic (exact) mass is 221 g/mol. The number of rotatable bonds is 3. The summed E-state index contributed by atoms with van der Waals surface area (Å²) in [4.78, 5) is 0. The van der Waals surface area contributed by atoms with Crippen molar-refractivity contribution in [3.05, 3.63) is 17.5 Å². The van der Waals surface area contributed by atoms with Gasteiger partial charge in [0.2, 0.25) is 0 Å². The van der Waals surface area contributed by atoms with Gasteiger partial charge in [-0.2, -0.15) is 5.10 Å². The van der Waals surface area contributed by atoms with Crippen LogP contribution in [0.2, 0.25) is 0 Å². The molecule has 0 bridgehead atoms. The largest absolute Gasteiger partial charge is 0.316 e. The van der Waals surface area contributed by atoms with E-state index in [9.17, 15) is 0 Å². The molecule has 1 aliphatic rings. The molecular formula is C13H23N3. The Labute approximate surface area is 98.2 Å². The average Bonchev–Trinajstić information content (AvgIpc) is 2.55. The van der Waals surface area contributed by atoms with E-state index < -0.39 is 0 Å². The molecule has 0 saturated heterocycles. The fourth-order valence-corrected chi connectivity index (χ4v) is 2.69. The molecular weight excluding hydrogens is 198 g/mol. The number of aromatic nitrogens is 2.